The molecular formula is C16H20ClFO. The maximum absolute atomic E-state index is 13.2. The van der Waals surface area contributed by atoms with Gasteiger partial charge in [0.2, 0.25) is 0 Å². The van der Waals surface area contributed by atoms with Crippen LogP contribution in [0.5, 0.6) is 0 Å². The molecule has 19 heavy (non-hydrogen) atoms. The van der Waals surface area contributed by atoms with Crippen molar-refractivity contribution >= 4 is 17.4 Å². The zero-order chi connectivity index (χ0) is 14.0. The van der Waals surface area contributed by atoms with E-state index in [4.69, 9.17) is 11.6 Å². The number of Topliss-reactive ketones (excluding diaryl/α,β-unsaturated/α-hetero) is 1. The molecule has 0 radical (unpaired) electrons. The third-order valence-electron chi connectivity index (χ3n) is 4.28. The molecule has 2 rings (SSSR count). The SMILES string of the molecule is CC(C)C1CCC(C(=O)c2cc(F)ccc2Cl)CC1. The predicted molar refractivity (Wildman–Crippen MR) is 76.0 cm³/mol. The Kier molecular flexibility index (Phi) is 4.62. The molecule has 3 heteroatoms. The first-order valence-electron chi connectivity index (χ1n) is 6.98. The second kappa shape index (κ2) is 6.04. The first kappa shape index (κ1) is 14.5. The van der Waals surface area contributed by atoms with E-state index in [0.29, 0.717) is 22.4 Å². The van der Waals surface area contributed by atoms with Crippen molar-refractivity contribution in [1.82, 2.24) is 0 Å². The molecule has 1 nitrogen and oxygen atoms in total. The number of ketones is 1. The van der Waals surface area contributed by atoms with Gasteiger partial charge in [0.25, 0.3) is 0 Å². The van der Waals surface area contributed by atoms with Crippen molar-refractivity contribution in [2.24, 2.45) is 17.8 Å². The highest BCUT2D eigenvalue weighted by Crippen LogP contribution is 2.35. The van der Waals surface area contributed by atoms with Gasteiger partial charge in [-0.3, -0.25) is 4.79 Å². The molecule has 0 unspecified atom stereocenters. The fourth-order valence-corrected chi connectivity index (χ4v) is 3.16. The van der Waals surface area contributed by atoms with E-state index in [9.17, 15) is 9.18 Å². The van der Waals surface area contributed by atoms with Crippen LogP contribution < -0.4 is 0 Å². The Morgan fingerprint density at radius 2 is 1.89 bits per heavy atom. The summed E-state index contributed by atoms with van der Waals surface area (Å²) in [4.78, 5) is 12.4. The lowest BCUT2D eigenvalue weighted by Crippen LogP contribution is -2.24. The fourth-order valence-electron chi connectivity index (χ4n) is 2.95. The van der Waals surface area contributed by atoms with Crippen LogP contribution in [0.3, 0.4) is 0 Å². The second-order valence-electron chi connectivity index (χ2n) is 5.84. The standard InChI is InChI=1S/C16H20ClFO/c1-10(2)11-3-5-12(6-4-11)16(19)14-9-13(18)7-8-15(14)17/h7-12H,3-6H2,1-2H3. The highest BCUT2D eigenvalue weighted by atomic mass is 35.5. The van der Waals surface area contributed by atoms with Gasteiger partial charge < -0.3 is 0 Å². The van der Waals surface area contributed by atoms with Crippen molar-refractivity contribution in [3.8, 4) is 0 Å². The largest absolute Gasteiger partial charge is 0.294 e. The number of carbonyl (C=O) groups is 1. The summed E-state index contributed by atoms with van der Waals surface area (Å²) in [6.07, 6.45) is 3.96. The summed E-state index contributed by atoms with van der Waals surface area (Å²) in [5.74, 6) is 1.01. The van der Waals surface area contributed by atoms with E-state index in [-0.39, 0.29) is 11.7 Å². The minimum Gasteiger partial charge on any atom is -0.294 e. The van der Waals surface area contributed by atoms with Crippen molar-refractivity contribution in [1.29, 1.82) is 0 Å². The van der Waals surface area contributed by atoms with Crippen molar-refractivity contribution in [3.05, 3.63) is 34.6 Å². The van der Waals surface area contributed by atoms with Crippen LogP contribution in [0.4, 0.5) is 4.39 Å². The molecule has 0 heterocycles. The molecule has 1 saturated carbocycles. The van der Waals surface area contributed by atoms with Gasteiger partial charge in [0, 0.05) is 11.5 Å². The van der Waals surface area contributed by atoms with Gasteiger partial charge in [0.05, 0.1) is 5.02 Å². The molecule has 0 aliphatic heterocycles. The van der Waals surface area contributed by atoms with Gasteiger partial charge in [-0.05, 0) is 55.7 Å². The monoisotopic (exact) mass is 282 g/mol. The highest BCUT2D eigenvalue weighted by molar-refractivity contribution is 6.34. The molecule has 0 N–H and O–H groups in total. The molecule has 0 atom stereocenters. The third kappa shape index (κ3) is 3.36. The van der Waals surface area contributed by atoms with Crippen molar-refractivity contribution in [2.45, 2.75) is 39.5 Å². The van der Waals surface area contributed by atoms with Crippen molar-refractivity contribution < 1.29 is 9.18 Å². The summed E-state index contributed by atoms with van der Waals surface area (Å²) in [6.45, 7) is 4.46. The number of hydrogen-bond donors (Lipinski definition) is 0. The van der Waals surface area contributed by atoms with E-state index < -0.39 is 5.82 Å². The molecule has 1 aromatic rings. The fraction of sp³-hybridized carbons (Fsp3) is 0.562. The summed E-state index contributed by atoms with van der Waals surface area (Å²) >= 11 is 6.00. The first-order valence-corrected chi connectivity index (χ1v) is 7.36. The minimum atomic E-state index is -0.399. The second-order valence-corrected chi connectivity index (χ2v) is 6.25. The van der Waals surface area contributed by atoms with Gasteiger partial charge in [-0.1, -0.05) is 25.4 Å². The van der Waals surface area contributed by atoms with Crippen LogP contribution in [0.1, 0.15) is 49.9 Å². The normalized spacial score (nSPS) is 23.6. The Morgan fingerprint density at radius 1 is 1.26 bits per heavy atom. The topological polar surface area (TPSA) is 17.1 Å². The lowest BCUT2D eigenvalue weighted by atomic mass is 9.75. The molecule has 0 aromatic heterocycles. The van der Waals surface area contributed by atoms with Gasteiger partial charge in [0.1, 0.15) is 5.82 Å². The molecule has 1 fully saturated rings. The molecule has 1 aliphatic carbocycles. The molecule has 0 spiro atoms. The van der Waals surface area contributed by atoms with Crippen LogP contribution >= 0.6 is 11.6 Å². The summed E-state index contributed by atoms with van der Waals surface area (Å²) in [6, 6.07) is 4.01. The van der Waals surface area contributed by atoms with E-state index in [1.165, 1.54) is 18.2 Å². The maximum Gasteiger partial charge on any atom is 0.167 e. The summed E-state index contributed by atoms with van der Waals surface area (Å²) in [5.41, 5.74) is 0.342. The molecule has 1 aromatic carbocycles. The van der Waals surface area contributed by atoms with Crippen molar-refractivity contribution in [2.75, 3.05) is 0 Å². The summed E-state index contributed by atoms with van der Waals surface area (Å²) in [7, 11) is 0. The summed E-state index contributed by atoms with van der Waals surface area (Å²) < 4.78 is 13.2. The molecule has 1 aliphatic rings. The van der Waals surface area contributed by atoms with Crippen LogP contribution in [-0.4, -0.2) is 5.78 Å². The van der Waals surface area contributed by atoms with Crippen molar-refractivity contribution in [3.63, 3.8) is 0 Å². The molecular weight excluding hydrogens is 263 g/mol. The van der Waals surface area contributed by atoms with E-state index in [1.807, 2.05) is 0 Å². The zero-order valence-electron chi connectivity index (χ0n) is 11.5. The molecule has 0 amide bonds. The first-order chi connectivity index (χ1) is 8.99. The van der Waals surface area contributed by atoms with Gasteiger partial charge in [-0.25, -0.2) is 4.39 Å². The average molecular weight is 283 g/mol. The summed E-state index contributed by atoms with van der Waals surface area (Å²) in [5, 5.41) is 0.359. The average Bonchev–Trinajstić information content (AvgIpc) is 2.41. The Hall–Kier alpha value is -0.890. The van der Waals surface area contributed by atoms with Crippen LogP contribution in [-0.2, 0) is 0 Å². The maximum atomic E-state index is 13.2. The van der Waals surface area contributed by atoms with Gasteiger partial charge >= 0.3 is 0 Å². The van der Waals surface area contributed by atoms with E-state index in [1.54, 1.807) is 0 Å². The number of benzene rings is 1. The number of halogens is 2. The number of carbonyl (C=O) groups excluding carboxylic acids is 1. The Bertz CT molecular complexity index is 462. The smallest absolute Gasteiger partial charge is 0.167 e. The molecule has 0 bridgehead atoms. The zero-order valence-corrected chi connectivity index (χ0v) is 12.2. The highest BCUT2D eigenvalue weighted by Gasteiger charge is 2.29. The third-order valence-corrected chi connectivity index (χ3v) is 4.61. The molecule has 104 valence electrons. The van der Waals surface area contributed by atoms with Gasteiger partial charge in [0.15, 0.2) is 5.78 Å². The van der Waals surface area contributed by atoms with Gasteiger partial charge in [-0.15, -0.1) is 0 Å². The quantitative estimate of drug-likeness (QED) is 0.703. The Labute approximate surface area is 119 Å². The van der Waals surface area contributed by atoms with Crippen LogP contribution in [0, 0.1) is 23.6 Å². The van der Waals surface area contributed by atoms with Crippen LogP contribution in [0.25, 0.3) is 0 Å². The Morgan fingerprint density at radius 3 is 2.47 bits per heavy atom. The van der Waals surface area contributed by atoms with E-state index >= 15 is 0 Å². The van der Waals surface area contributed by atoms with Gasteiger partial charge in [-0.2, -0.15) is 0 Å². The predicted octanol–water partition coefficient (Wildman–Crippen LogP) is 5.12. The number of hydrogen-bond acceptors (Lipinski definition) is 1. The lowest BCUT2D eigenvalue weighted by molar-refractivity contribution is 0.0858. The molecule has 0 saturated heterocycles. The lowest BCUT2D eigenvalue weighted by Gasteiger charge is -2.30. The van der Waals surface area contributed by atoms with E-state index in [0.717, 1.165) is 25.7 Å². The van der Waals surface area contributed by atoms with Crippen LogP contribution in [0.2, 0.25) is 5.02 Å². The Balaban J connectivity index is 2.07. The minimum absolute atomic E-state index is 0.00621. The van der Waals surface area contributed by atoms with E-state index in [2.05, 4.69) is 13.8 Å². The van der Waals surface area contributed by atoms with Crippen LogP contribution in [0.15, 0.2) is 18.2 Å². The number of rotatable bonds is 3.